The van der Waals surface area contributed by atoms with Gasteiger partial charge >= 0.3 is 0 Å². The van der Waals surface area contributed by atoms with Gasteiger partial charge in [0.15, 0.2) is 10.9 Å². The van der Waals surface area contributed by atoms with Crippen LogP contribution in [0.3, 0.4) is 0 Å². The second-order valence-electron chi connectivity index (χ2n) is 6.34. The minimum absolute atomic E-state index is 0.0324. The minimum Gasteiger partial charge on any atom is -0.489 e. The Bertz CT molecular complexity index is 861. The Morgan fingerprint density at radius 3 is 2.62 bits per heavy atom. The van der Waals surface area contributed by atoms with Crippen LogP contribution in [-0.2, 0) is 11.4 Å². The molecule has 1 aliphatic rings. The van der Waals surface area contributed by atoms with Crippen molar-refractivity contribution in [2.75, 3.05) is 7.05 Å². The average molecular weight is 366 g/mol. The van der Waals surface area contributed by atoms with Crippen molar-refractivity contribution in [2.45, 2.75) is 26.5 Å². The summed E-state index contributed by atoms with van der Waals surface area (Å²) < 4.78 is 5.92. The van der Waals surface area contributed by atoms with Crippen LogP contribution in [0.1, 0.15) is 31.0 Å². The quantitative estimate of drug-likeness (QED) is 0.811. The number of carbonyl (C=O) groups excluding carboxylic acids is 1. The molecule has 26 heavy (non-hydrogen) atoms. The molecule has 1 N–H and O–H groups in total. The number of nitrogens with zero attached hydrogens (tertiary/aromatic N) is 1. The van der Waals surface area contributed by atoms with E-state index in [1.807, 2.05) is 73.5 Å². The molecular formula is C21H22N2O2S. The predicted octanol–water partition coefficient (Wildman–Crippen LogP) is 3.99. The third kappa shape index (κ3) is 3.78. The zero-order chi connectivity index (χ0) is 18.7. The van der Waals surface area contributed by atoms with Crippen LogP contribution in [0.25, 0.3) is 0 Å². The van der Waals surface area contributed by atoms with Crippen LogP contribution in [0, 0.1) is 0 Å². The molecule has 0 amide bonds. The van der Waals surface area contributed by atoms with Crippen LogP contribution in [0.5, 0.6) is 5.75 Å². The van der Waals surface area contributed by atoms with Crippen molar-refractivity contribution in [3.05, 3.63) is 77.0 Å². The molecule has 0 saturated carbocycles. The average Bonchev–Trinajstić information content (AvgIpc) is 2.65. The summed E-state index contributed by atoms with van der Waals surface area (Å²) in [6.45, 7) is 4.01. The number of nitrogens with one attached hydrogen (secondary N) is 1. The highest BCUT2D eigenvalue weighted by Gasteiger charge is 2.30. The second kappa shape index (κ2) is 7.70. The number of ketones is 1. The molecule has 0 radical (unpaired) electrons. The van der Waals surface area contributed by atoms with Gasteiger partial charge in [-0.25, -0.2) is 0 Å². The fourth-order valence-electron chi connectivity index (χ4n) is 3.07. The maximum atomic E-state index is 12.2. The lowest BCUT2D eigenvalue weighted by atomic mass is 9.92. The Balaban J connectivity index is 1.87. The van der Waals surface area contributed by atoms with Gasteiger partial charge in [0.1, 0.15) is 12.4 Å². The van der Waals surface area contributed by atoms with Crippen LogP contribution in [-0.4, -0.2) is 22.8 Å². The van der Waals surface area contributed by atoms with Crippen molar-refractivity contribution in [1.29, 1.82) is 0 Å². The molecule has 2 aromatic rings. The normalized spacial score (nSPS) is 17.1. The lowest BCUT2D eigenvalue weighted by Gasteiger charge is -2.35. The van der Waals surface area contributed by atoms with E-state index in [0.29, 0.717) is 11.7 Å². The number of allylic oxidation sites excluding steroid dienone is 1. The van der Waals surface area contributed by atoms with Gasteiger partial charge in [-0.2, -0.15) is 0 Å². The summed E-state index contributed by atoms with van der Waals surface area (Å²) in [5, 5.41) is 3.87. The summed E-state index contributed by atoms with van der Waals surface area (Å²) in [5.74, 6) is 0.795. The molecule has 0 saturated heterocycles. The summed E-state index contributed by atoms with van der Waals surface area (Å²) in [5.41, 5.74) is 3.66. The summed E-state index contributed by atoms with van der Waals surface area (Å²) >= 11 is 5.41. The largest absolute Gasteiger partial charge is 0.489 e. The van der Waals surface area contributed by atoms with Gasteiger partial charge in [0.2, 0.25) is 0 Å². The summed E-state index contributed by atoms with van der Waals surface area (Å²) in [4.78, 5) is 14.1. The highest BCUT2D eigenvalue weighted by Crippen LogP contribution is 2.32. The van der Waals surface area contributed by atoms with Crippen LogP contribution in [0.2, 0.25) is 0 Å². The van der Waals surface area contributed by atoms with Crippen LogP contribution in [0.15, 0.2) is 65.9 Å². The molecule has 2 aromatic carbocycles. The van der Waals surface area contributed by atoms with Crippen LogP contribution >= 0.6 is 12.2 Å². The van der Waals surface area contributed by atoms with Gasteiger partial charge in [-0.1, -0.05) is 42.5 Å². The Labute approximate surface area is 159 Å². The standard InChI is InChI=1S/C21H22N2O2S/c1-14-19(15(2)24)20(22-21(26)23(14)3)17-10-7-11-18(12-17)25-13-16-8-5-4-6-9-16/h4-12,20H,13H2,1-3H3,(H,22,26). The predicted molar refractivity (Wildman–Crippen MR) is 107 cm³/mol. The molecule has 134 valence electrons. The first-order chi connectivity index (χ1) is 12.5. The fourth-order valence-corrected chi connectivity index (χ4v) is 3.32. The van der Waals surface area contributed by atoms with E-state index in [-0.39, 0.29) is 11.8 Å². The molecule has 4 nitrogen and oxygen atoms in total. The number of benzene rings is 2. The lowest BCUT2D eigenvalue weighted by Crippen LogP contribution is -2.45. The maximum Gasteiger partial charge on any atom is 0.173 e. The smallest absolute Gasteiger partial charge is 0.173 e. The number of rotatable bonds is 5. The summed E-state index contributed by atoms with van der Waals surface area (Å²) in [6.07, 6.45) is 0. The molecule has 0 fully saturated rings. The van der Waals surface area contributed by atoms with Crippen molar-refractivity contribution >= 4 is 23.1 Å². The molecule has 0 spiro atoms. The highest BCUT2D eigenvalue weighted by molar-refractivity contribution is 7.80. The first kappa shape index (κ1) is 18.1. The van der Waals surface area contributed by atoms with Crippen molar-refractivity contribution in [2.24, 2.45) is 0 Å². The number of hydrogen-bond acceptors (Lipinski definition) is 3. The number of thiocarbonyl (C=S) groups is 1. The van der Waals surface area contributed by atoms with Crippen molar-refractivity contribution in [3.8, 4) is 5.75 Å². The Kier molecular flexibility index (Phi) is 5.38. The molecule has 1 unspecified atom stereocenters. The number of ether oxygens (including phenoxy) is 1. The van der Waals surface area contributed by atoms with E-state index >= 15 is 0 Å². The number of Topliss-reactive ketones (excluding diaryl/α,β-unsaturated/α-hetero) is 1. The number of hydrogen-bond donors (Lipinski definition) is 1. The summed E-state index contributed by atoms with van der Waals surface area (Å²) in [6, 6.07) is 17.6. The molecule has 3 rings (SSSR count). The number of carbonyl (C=O) groups is 1. The van der Waals surface area contributed by atoms with Gasteiger partial charge in [-0.3, -0.25) is 4.79 Å². The van der Waals surface area contributed by atoms with Gasteiger partial charge in [0.05, 0.1) is 6.04 Å². The maximum absolute atomic E-state index is 12.2. The van der Waals surface area contributed by atoms with Crippen molar-refractivity contribution in [3.63, 3.8) is 0 Å². The zero-order valence-corrected chi connectivity index (χ0v) is 16.0. The SMILES string of the molecule is CC(=O)C1=C(C)N(C)C(=S)NC1c1cccc(OCc2ccccc2)c1. The van der Waals surface area contributed by atoms with E-state index in [2.05, 4.69) is 5.32 Å². The van der Waals surface area contributed by atoms with Crippen LogP contribution < -0.4 is 10.1 Å². The topological polar surface area (TPSA) is 41.6 Å². The van der Waals surface area contributed by atoms with Gasteiger partial charge in [0.25, 0.3) is 0 Å². The van der Waals surface area contributed by atoms with Crippen LogP contribution in [0.4, 0.5) is 0 Å². The minimum atomic E-state index is -0.267. The lowest BCUT2D eigenvalue weighted by molar-refractivity contribution is -0.114. The van der Waals surface area contributed by atoms with E-state index in [1.165, 1.54) is 0 Å². The second-order valence-corrected chi connectivity index (χ2v) is 6.73. The van der Waals surface area contributed by atoms with E-state index < -0.39 is 0 Å². The third-order valence-corrected chi connectivity index (χ3v) is 4.96. The Morgan fingerprint density at radius 2 is 1.92 bits per heavy atom. The van der Waals surface area contributed by atoms with Gasteiger partial charge in [-0.15, -0.1) is 0 Å². The van der Waals surface area contributed by atoms with Crippen molar-refractivity contribution in [1.82, 2.24) is 10.2 Å². The first-order valence-electron chi connectivity index (χ1n) is 8.50. The molecule has 0 aliphatic carbocycles. The molecule has 1 aliphatic heterocycles. The van der Waals surface area contributed by atoms with E-state index in [1.54, 1.807) is 6.92 Å². The zero-order valence-electron chi connectivity index (χ0n) is 15.2. The molecule has 5 heteroatoms. The fraction of sp³-hybridized carbons (Fsp3) is 0.238. The third-order valence-electron chi connectivity index (χ3n) is 4.57. The van der Waals surface area contributed by atoms with Crippen molar-refractivity contribution < 1.29 is 9.53 Å². The first-order valence-corrected chi connectivity index (χ1v) is 8.91. The molecular weight excluding hydrogens is 344 g/mol. The van der Waals surface area contributed by atoms with Gasteiger partial charge in [0, 0.05) is 18.3 Å². The molecule has 1 heterocycles. The molecule has 1 atom stereocenters. The highest BCUT2D eigenvalue weighted by atomic mass is 32.1. The molecule has 0 bridgehead atoms. The van der Waals surface area contributed by atoms with E-state index in [0.717, 1.165) is 28.1 Å². The van der Waals surface area contributed by atoms with E-state index in [4.69, 9.17) is 17.0 Å². The molecule has 0 aromatic heterocycles. The monoisotopic (exact) mass is 366 g/mol. The summed E-state index contributed by atoms with van der Waals surface area (Å²) in [7, 11) is 1.86. The Hall–Kier alpha value is -2.66. The Morgan fingerprint density at radius 1 is 1.19 bits per heavy atom. The van der Waals surface area contributed by atoms with Gasteiger partial charge < -0.3 is 15.0 Å². The van der Waals surface area contributed by atoms with Gasteiger partial charge in [-0.05, 0) is 49.3 Å². The van der Waals surface area contributed by atoms with E-state index in [9.17, 15) is 4.79 Å².